The number of methoxy groups -OCH3 is 2. The van der Waals surface area contributed by atoms with Gasteiger partial charge >= 0.3 is 5.97 Å². The van der Waals surface area contributed by atoms with Crippen molar-refractivity contribution >= 4 is 27.6 Å². The summed E-state index contributed by atoms with van der Waals surface area (Å²) < 4.78 is 16.5. The van der Waals surface area contributed by atoms with Gasteiger partial charge in [0.1, 0.15) is 0 Å². The average Bonchev–Trinajstić information content (AvgIpc) is 2.58. The third kappa shape index (κ3) is 4.46. The third-order valence-electron chi connectivity index (χ3n) is 4.23. The van der Waals surface area contributed by atoms with Crippen LogP contribution in [0.1, 0.15) is 28.8 Å². The fraction of sp³-hybridized carbons (Fsp3) is 0.588. The standard InChI is InChI=1S/C17H24BrNO4/c1-12-15(17(20)22-3)10-13(18)11-16(12)19(6-9-21-2)14-4-7-23-8-5-14/h10-11,14H,4-9H2,1-3H3. The highest BCUT2D eigenvalue weighted by atomic mass is 79.9. The van der Waals surface area contributed by atoms with Crippen LogP contribution in [-0.4, -0.2) is 52.6 Å². The molecule has 1 aromatic carbocycles. The molecule has 5 nitrogen and oxygen atoms in total. The van der Waals surface area contributed by atoms with Crippen LogP contribution in [0.5, 0.6) is 0 Å². The molecule has 0 bridgehead atoms. The van der Waals surface area contributed by atoms with Crippen LogP contribution < -0.4 is 4.90 Å². The number of ether oxygens (including phenoxy) is 3. The van der Waals surface area contributed by atoms with E-state index in [0.29, 0.717) is 18.2 Å². The topological polar surface area (TPSA) is 48.0 Å². The molecule has 0 unspecified atom stereocenters. The van der Waals surface area contributed by atoms with Crippen LogP contribution in [0.2, 0.25) is 0 Å². The van der Waals surface area contributed by atoms with Crippen molar-refractivity contribution in [3.63, 3.8) is 0 Å². The smallest absolute Gasteiger partial charge is 0.338 e. The summed E-state index contributed by atoms with van der Waals surface area (Å²) >= 11 is 3.51. The van der Waals surface area contributed by atoms with E-state index < -0.39 is 0 Å². The summed E-state index contributed by atoms with van der Waals surface area (Å²) in [7, 11) is 3.11. The van der Waals surface area contributed by atoms with Gasteiger partial charge in [0.25, 0.3) is 0 Å². The number of carbonyl (C=O) groups excluding carboxylic acids is 1. The number of rotatable bonds is 6. The van der Waals surface area contributed by atoms with Crippen LogP contribution in [0.3, 0.4) is 0 Å². The van der Waals surface area contributed by atoms with Gasteiger partial charge in [0.2, 0.25) is 0 Å². The quantitative estimate of drug-likeness (QED) is 0.703. The Kier molecular flexibility index (Phi) is 6.87. The van der Waals surface area contributed by atoms with Crippen molar-refractivity contribution in [1.82, 2.24) is 0 Å². The Hall–Kier alpha value is -1.11. The predicted octanol–water partition coefficient (Wildman–Crippen LogP) is 3.18. The van der Waals surface area contributed by atoms with E-state index in [0.717, 1.165) is 48.3 Å². The van der Waals surface area contributed by atoms with Crippen LogP contribution >= 0.6 is 15.9 Å². The van der Waals surface area contributed by atoms with Crippen molar-refractivity contribution in [1.29, 1.82) is 0 Å². The minimum absolute atomic E-state index is 0.316. The Morgan fingerprint density at radius 3 is 2.65 bits per heavy atom. The zero-order valence-corrected chi connectivity index (χ0v) is 15.5. The molecule has 1 aliphatic rings. The number of esters is 1. The average molecular weight is 386 g/mol. The number of nitrogens with zero attached hydrogens (tertiary/aromatic N) is 1. The van der Waals surface area contributed by atoms with Gasteiger partial charge in [0.15, 0.2) is 0 Å². The van der Waals surface area contributed by atoms with Gasteiger partial charge in [0.05, 0.1) is 19.3 Å². The monoisotopic (exact) mass is 385 g/mol. The van der Waals surface area contributed by atoms with Crippen molar-refractivity contribution < 1.29 is 19.0 Å². The Balaban J connectivity index is 2.40. The Morgan fingerprint density at radius 2 is 2.04 bits per heavy atom. The summed E-state index contributed by atoms with van der Waals surface area (Å²) in [6.07, 6.45) is 1.95. The highest BCUT2D eigenvalue weighted by molar-refractivity contribution is 9.10. The number of benzene rings is 1. The highest BCUT2D eigenvalue weighted by Gasteiger charge is 2.25. The molecule has 1 fully saturated rings. The molecule has 0 amide bonds. The van der Waals surface area contributed by atoms with Crippen LogP contribution in [0.4, 0.5) is 5.69 Å². The molecule has 0 radical (unpaired) electrons. The molecular formula is C17H24BrNO4. The first kappa shape index (κ1) is 18.2. The van der Waals surface area contributed by atoms with Gasteiger partial charge in [-0.25, -0.2) is 4.79 Å². The molecule has 0 aromatic heterocycles. The molecule has 6 heteroatoms. The molecule has 1 aliphatic heterocycles. The number of carbonyl (C=O) groups is 1. The molecule has 1 aromatic rings. The molecule has 0 N–H and O–H groups in total. The van der Waals surface area contributed by atoms with E-state index in [9.17, 15) is 4.79 Å². The molecule has 1 heterocycles. The van der Waals surface area contributed by atoms with Gasteiger partial charge in [-0.1, -0.05) is 15.9 Å². The van der Waals surface area contributed by atoms with E-state index in [1.54, 1.807) is 7.11 Å². The van der Waals surface area contributed by atoms with E-state index in [4.69, 9.17) is 14.2 Å². The van der Waals surface area contributed by atoms with E-state index in [1.807, 2.05) is 13.0 Å². The molecular weight excluding hydrogens is 362 g/mol. The van der Waals surface area contributed by atoms with Gasteiger partial charge in [-0.2, -0.15) is 0 Å². The number of hydrogen-bond donors (Lipinski definition) is 0. The second-order valence-corrected chi connectivity index (χ2v) is 6.53. The van der Waals surface area contributed by atoms with Gasteiger partial charge in [-0.05, 0) is 37.5 Å². The van der Waals surface area contributed by atoms with Gasteiger partial charge < -0.3 is 19.1 Å². The molecule has 0 aliphatic carbocycles. The van der Waals surface area contributed by atoms with Crippen LogP contribution in [-0.2, 0) is 14.2 Å². The normalized spacial score (nSPS) is 15.5. The van der Waals surface area contributed by atoms with Crippen molar-refractivity contribution in [2.75, 3.05) is 45.5 Å². The fourth-order valence-corrected chi connectivity index (χ4v) is 3.42. The maximum atomic E-state index is 12.0. The number of halogens is 1. The van der Waals surface area contributed by atoms with Crippen LogP contribution in [0, 0.1) is 6.92 Å². The van der Waals surface area contributed by atoms with Gasteiger partial charge in [-0.15, -0.1) is 0 Å². The molecule has 0 atom stereocenters. The van der Waals surface area contributed by atoms with Crippen LogP contribution in [0.15, 0.2) is 16.6 Å². The van der Waals surface area contributed by atoms with Crippen molar-refractivity contribution in [2.45, 2.75) is 25.8 Å². The maximum absolute atomic E-state index is 12.0. The van der Waals surface area contributed by atoms with Gasteiger partial charge in [-0.3, -0.25) is 0 Å². The Bertz CT molecular complexity index is 544. The van der Waals surface area contributed by atoms with Gasteiger partial charge in [0, 0.05) is 43.1 Å². The SMILES string of the molecule is COCCN(c1cc(Br)cc(C(=O)OC)c1C)C1CCOCC1. The lowest BCUT2D eigenvalue weighted by atomic mass is 10.0. The summed E-state index contributed by atoms with van der Waals surface area (Å²) in [4.78, 5) is 14.4. The molecule has 128 valence electrons. The fourth-order valence-electron chi connectivity index (χ4n) is 2.97. The second kappa shape index (κ2) is 8.66. The van der Waals surface area contributed by atoms with E-state index in [-0.39, 0.29) is 5.97 Å². The molecule has 0 saturated carbocycles. The summed E-state index contributed by atoms with van der Waals surface area (Å²) in [6.45, 7) is 4.92. The molecule has 2 rings (SSSR count). The van der Waals surface area contributed by atoms with E-state index >= 15 is 0 Å². The minimum atomic E-state index is -0.316. The minimum Gasteiger partial charge on any atom is -0.465 e. The Labute approximate surface area is 146 Å². The zero-order chi connectivity index (χ0) is 16.8. The first-order valence-corrected chi connectivity index (χ1v) is 8.59. The maximum Gasteiger partial charge on any atom is 0.338 e. The lowest BCUT2D eigenvalue weighted by Gasteiger charge is -2.37. The lowest BCUT2D eigenvalue weighted by molar-refractivity contribution is 0.0599. The highest BCUT2D eigenvalue weighted by Crippen LogP contribution is 2.32. The first-order chi connectivity index (χ1) is 11.1. The van der Waals surface area contributed by atoms with Crippen LogP contribution in [0.25, 0.3) is 0 Å². The first-order valence-electron chi connectivity index (χ1n) is 7.80. The number of anilines is 1. The molecule has 0 spiro atoms. The third-order valence-corrected chi connectivity index (χ3v) is 4.69. The van der Waals surface area contributed by atoms with E-state index in [1.165, 1.54) is 7.11 Å². The Morgan fingerprint density at radius 1 is 1.35 bits per heavy atom. The van der Waals surface area contributed by atoms with Crippen molar-refractivity contribution in [2.24, 2.45) is 0 Å². The summed E-state index contributed by atoms with van der Waals surface area (Å²) in [6, 6.07) is 4.26. The predicted molar refractivity (Wildman–Crippen MR) is 93.3 cm³/mol. The summed E-state index contributed by atoms with van der Waals surface area (Å²) in [5, 5.41) is 0. The van der Waals surface area contributed by atoms with Crippen molar-refractivity contribution in [3.05, 3.63) is 27.7 Å². The largest absolute Gasteiger partial charge is 0.465 e. The summed E-state index contributed by atoms with van der Waals surface area (Å²) in [5.74, 6) is -0.316. The zero-order valence-electron chi connectivity index (χ0n) is 13.9. The summed E-state index contributed by atoms with van der Waals surface area (Å²) in [5.41, 5.74) is 2.57. The second-order valence-electron chi connectivity index (χ2n) is 5.62. The molecule has 1 saturated heterocycles. The van der Waals surface area contributed by atoms with Crippen molar-refractivity contribution in [3.8, 4) is 0 Å². The number of hydrogen-bond acceptors (Lipinski definition) is 5. The lowest BCUT2D eigenvalue weighted by Crippen LogP contribution is -2.42. The van der Waals surface area contributed by atoms with E-state index in [2.05, 4.69) is 26.9 Å². The molecule has 23 heavy (non-hydrogen) atoms.